The molecule has 4 aromatic carbocycles. The van der Waals surface area contributed by atoms with Gasteiger partial charge in [0.2, 0.25) is 6.79 Å². The molecule has 2 N–H and O–H groups in total. The van der Waals surface area contributed by atoms with Gasteiger partial charge in [-0.15, -0.1) is 0 Å². The van der Waals surface area contributed by atoms with Crippen molar-refractivity contribution < 1.29 is 37.3 Å². The summed E-state index contributed by atoms with van der Waals surface area (Å²) < 4.78 is 56.2. The predicted molar refractivity (Wildman–Crippen MR) is 147 cm³/mol. The van der Waals surface area contributed by atoms with Crippen molar-refractivity contribution in [2.75, 3.05) is 6.79 Å². The Bertz CT molecular complexity index is 1770. The van der Waals surface area contributed by atoms with Crippen molar-refractivity contribution in [3.05, 3.63) is 112 Å². The maximum atomic E-state index is 13.0. The average molecular weight is 580 g/mol. The highest BCUT2D eigenvalue weighted by molar-refractivity contribution is 6.31. The number of benzene rings is 4. The maximum absolute atomic E-state index is 13.0. The lowest BCUT2D eigenvalue weighted by atomic mass is 9.94. The summed E-state index contributed by atoms with van der Waals surface area (Å²) >= 11 is 6.63. The number of aromatic carboxylic acids is 1. The minimum absolute atomic E-state index is 0.0115. The van der Waals surface area contributed by atoms with Crippen molar-refractivity contribution >= 4 is 28.5 Å². The molecule has 0 unspecified atom stereocenters. The van der Waals surface area contributed by atoms with Crippen LogP contribution in [-0.2, 0) is 19.2 Å². The molecule has 0 saturated carbocycles. The van der Waals surface area contributed by atoms with Crippen LogP contribution in [0.15, 0.2) is 78.9 Å². The number of nitrogens with one attached hydrogen (secondary N) is 1. The van der Waals surface area contributed by atoms with Crippen LogP contribution in [0.2, 0.25) is 5.02 Å². The number of alkyl halides is 3. The molecular weight excluding hydrogens is 559 g/mol. The molecule has 1 aliphatic rings. The first-order valence-electron chi connectivity index (χ1n) is 12.5. The fraction of sp³-hybridized carbons (Fsp3) is 0.129. The third-order valence-corrected chi connectivity index (χ3v) is 7.24. The number of fused-ring (bicyclic) bond motifs is 2. The molecule has 0 spiro atoms. The molecule has 6 rings (SSSR count). The Kier molecular flexibility index (Phi) is 6.75. The molecule has 5 aromatic rings. The number of carboxylic acid groups (broad SMARTS) is 1. The van der Waals surface area contributed by atoms with E-state index in [0.29, 0.717) is 61.0 Å². The van der Waals surface area contributed by atoms with Gasteiger partial charge in [-0.2, -0.15) is 13.2 Å². The maximum Gasteiger partial charge on any atom is 0.416 e. The van der Waals surface area contributed by atoms with Gasteiger partial charge in [-0.05, 0) is 47.0 Å². The largest absolute Gasteiger partial charge is 0.489 e. The minimum atomic E-state index is -4.44. The Morgan fingerprint density at radius 3 is 2.37 bits per heavy atom. The first-order chi connectivity index (χ1) is 19.7. The number of H-pyrrole nitrogens is 1. The molecule has 0 radical (unpaired) electrons. The van der Waals surface area contributed by atoms with Gasteiger partial charge in [0.05, 0.1) is 5.56 Å². The average Bonchev–Trinajstić information content (AvgIpc) is 3.57. The molecular formula is C31H21ClF3NO5. The van der Waals surface area contributed by atoms with Crippen molar-refractivity contribution in [1.29, 1.82) is 0 Å². The lowest BCUT2D eigenvalue weighted by Gasteiger charge is -2.16. The summed E-state index contributed by atoms with van der Waals surface area (Å²) in [7, 11) is 0. The van der Waals surface area contributed by atoms with E-state index in [1.54, 1.807) is 24.3 Å². The zero-order valence-electron chi connectivity index (χ0n) is 21.2. The van der Waals surface area contributed by atoms with E-state index in [4.69, 9.17) is 25.8 Å². The summed E-state index contributed by atoms with van der Waals surface area (Å²) in [6.07, 6.45) is -4.20. The molecule has 0 bridgehead atoms. The first kappa shape index (κ1) is 26.6. The molecule has 10 heteroatoms. The van der Waals surface area contributed by atoms with E-state index in [1.807, 2.05) is 30.3 Å². The first-order valence-corrected chi connectivity index (χ1v) is 12.9. The van der Waals surface area contributed by atoms with E-state index in [1.165, 1.54) is 12.1 Å². The summed E-state index contributed by atoms with van der Waals surface area (Å²) in [6, 6.07) is 20.7. The van der Waals surface area contributed by atoms with Gasteiger partial charge >= 0.3 is 12.1 Å². The number of halogens is 4. The van der Waals surface area contributed by atoms with Crippen molar-refractivity contribution in [3.8, 4) is 28.4 Å². The van der Waals surface area contributed by atoms with Crippen LogP contribution in [0.4, 0.5) is 13.2 Å². The normalized spacial score (nSPS) is 12.6. The molecule has 6 nitrogen and oxygen atoms in total. The molecule has 1 aliphatic heterocycles. The molecule has 0 atom stereocenters. The summed E-state index contributed by atoms with van der Waals surface area (Å²) in [4.78, 5) is 15.3. The van der Waals surface area contributed by atoms with E-state index in [9.17, 15) is 23.1 Å². The van der Waals surface area contributed by atoms with Gasteiger partial charge < -0.3 is 24.3 Å². The molecule has 0 amide bonds. The third kappa shape index (κ3) is 5.16. The van der Waals surface area contributed by atoms with Crippen molar-refractivity contribution in [2.45, 2.75) is 19.2 Å². The number of aromatic amines is 1. The van der Waals surface area contributed by atoms with E-state index < -0.39 is 17.7 Å². The van der Waals surface area contributed by atoms with Crippen LogP contribution in [0.5, 0.6) is 17.2 Å². The fourth-order valence-electron chi connectivity index (χ4n) is 4.94. The topological polar surface area (TPSA) is 80.8 Å². The van der Waals surface area contributed by atoms with Gasteiger partial charge in [-0.25, -0.2) is 4.79 Å². The summed E-state index contributed by atoms with van der Waals surface area (Å²) in [6.45, 7) is 0.0620. The van der Waals surface area contributed by atoms with Gasteiger partial charge in [-0.3, -0.25) is 0 Å². The van der Waals surface area contributed by atoms with E-state index in [-0.39, 0.29) is 25.5 Å². The van der Waals surface area contributed by atoms with E-state index in [2.05, 4.69) is 4.98 Å². The highest BCUT2D eigenvalue weighted by Crippen LogP contribution is 2.43. The van der Waals surface area contributed by atoms with Gasteiger partial charge in [0.25, 0.3) is 0 Å². The van der Waals surface area contributed by atoms with Gasteiger partial charge in [0.1, 0.15) is 18.1 Å². The summed E-state index contributed by atoms with van der Waals surface area (Å²) in [5, 5.41) is 11.1. The van der Waals surface area contributed by atoms with Crippen LogP contribution >= 0.6 is 11.6 Å². The van der Waals surface area contributed by atoms with Gasteiger partial charge in [0, 0.05) is 39.5 Å². The second-order valence-electron chi connectivity index (χ2n) is 9.47. The number of aromatic nitrogens is 1. The molecule has 0 aliphatic carbocycles. The van der Waals surface area contributed by atoms with E-state index >= 15 is 0 Å². The number of hydrogen-bond acceptors (Lipinski definition) is 4. The van der Waals surface area contributed by atoms with Gasteiger partial charge in [0.15, 0.2) is 11.5 Å². The van der Waals surface area contributed by atoms with E-state index in [0.717, 1.165) is 12.1 Å². The minimum Gasteiger partial charge on any atom is -0.489 e. The molecule has 208 valence electrons. The highest BCUT2D eigenvalue weighted by Gasteiger charge is 2.30. The van der Waals surface area contributed by atoms with Crippen molar-refractivity contribution in [1.82, 2.24) is 4.98 Å². The van der Waals surface area contributed by atoms with Crippen LogP contribution < -0.4 is 14.2 Å². The van der Waals surface area contributed by atoms with Gasteiger partial charge in [-0.1, -0.05) is 54.1 Å². The zero-order chi connectivity index (χ0) is 28.7. The monoisotopic (exact) mass is 579 g/mol. The predicted octanol–water partition coefficient (Wildman–Crippen LogP) is 8.10. The van der Waals surface area contributed by atoms with Crippen molar-refractivity contribution in [3.63, 3.8) is 0 Å². The quantitative estimate of drug-likeness (QED) is 0.204. The van der Waals surface area contributed by atoms with Crippen LogP contribution in [0.3, 0.4) is 0 Å². The van der Waals surface area contributed by atoms with Crippen LogP contribution in [0.25, 0.3) is 22.0 Å². The summed E-state index contributed by atoms with van der Waals surface area (Å²) in [5.74, 6) is 0.362. The number of hydrogen-bond donors (Lipinski definition) is 2. The number of carbonyl (C=O) groups is 1. The Morgan fingerprint density at radius 1 is 0.976 bits per heavy atom. The number of ether oxygens (including phenoxy) is 3. The molecule has 41 heavy (non-hydrogen) atoms. The fourth-order valence-corrected chi connectivity index (χ4v) is 5.16. The smallest absolute Gasteiger partial charge is 0.416 e. The Balaban J connectivity index is 1.48. The SMILES string of the molecule is O=C(O)c1[nH]c2ccc(OCc3ccc(C(F)(F)F)cc3)c(Cc3cc4c(cc3Cl)OCO4)c2c1-c1ccccc1. The summed E-state index contributed by atoms with van der Waals surface area (Å²) in [5.41, 5.74) is 2.90. The molecule has 0 saturated heterocycles. The number of rotatable bonds is 7. The lowest BCUT2D eigenvalue weighted by molar-refractivity contribution is -0.137. The zero-order valence-corrected chi connectivity index (χ0v) is 22.0. The Morgan fingerprint density at radius 2 is 1.68 bits per heavy atom. The second kappa shape index (κ2) is 10.4. The van der Waals surface area contributed by atoms with Crippen LogP contribution in [0, 0.1) is 0 Å². The molecule has 2 heterocycles. The van der Waals surface area contributed by atoms with Crippen LogP contribution in [0.1, 0.15) is 32.7 Å². The molecule has 1 aromatic heterocycles. The highest BCUT2D eigenvalue weighted by atomic mass is 35.5. The number of carboxylic acids is 1. The Hall–Kier alpha value is -4.63. The standard InChI is InChI=1S/C31H21ClF3NO5/c32-22-14-26-25(40-16-41-26)13-19(22)12-21-24(39-15-17-6-8-20(9-7-17)31(33,34)35)11-10-23-28(21)27(29(36-23)30(37)38)18-4-2-1-3-5-18/h1-11,13-14,36H,12,15-16H2,(H,37,38). The Labute approximate surface area is 236 Å². The third-order valence-electron chi connectivity index (χ3n) is 6.89. The van der Waals surface area contributed by atoms with Crippen LogP contribution in [-0.4, -0.2) is 22.9 Å². The molecule has 0 fully saturated rings. The van der Waals surface area contributed by atoms with Crippen molar-refractivity contribution in [2.24, 2.45) is 0 Å². The second-order valence-corrected chi connectivity index (χ2v) is 9.88. The lowest BCUT2D eigenvalue weighted by Crippen LogP contribution is -2.05.